The monoisotopic (exact) mass is 372 g/mol. The SMILES string of the molecule is CCCCOc1cccc(CNC(=NC)NCc2c(CC)noc2CC)c1. The second kappa shape index (κ2) is 11.3. The van der Waals surface area contributed by atoms with Gasteiger partial charge in [0, 0.05) is 32.1 Å². The number of hydrogen-bond donors (Lipinski definition) is 2. The molecule has 148 valence electrons. The van der Waals surface area contributed by atoms with Crippen LogP contribution in [0.3, 0.4) is 0 Å². The van der Waals surface area contributed by atoms with E-state index in [1.807, 2.05) is 12.1 Å². The van der Waals surface area contributed by atoms with E-state index in [-0.39, 0.29) is 0 Å². The normalized spacial score (nSPS) is 11.5. The van der Waals surface area contributed by atoms with E-state index in [0.717, 1.165) is 66.6 Å². The van der Waals surface area contributed by atoms with Crippen LogP contribution in [0.15, 0.2) is 33.8 Å². The second-order valence-corrected chi connectivity index (χ2v) is 6.37. The van der Waals surface area contributed by atoms with Crippen molar-refractivity contribution in [2.75, 3.05) is 13.7 Å². The van der Waals surface area contributed by atoms with E-state index in [0.29, 0.717) is 13.1 Å². The van der Waals surface area contributed by atoms with Crippen molar-refractivity contribution >= 4 is 5.96 Å². The van der Waals surface area contributed by atoms with Gasteiger partial charge < -0.3 is 19.9 Å². The lowest BCUT2D eigenvalue weighted by Crippen LogP contribution is -2.36. The van der Waals surface area contributed by atoms with Crippen molar-refractivity contribution in [2.45, 2.75) is 59.5 Å². The molecule has 0 aliphatic carbocycles. The number of nitrogens with zero attached hydrogens (tertiary/aromatic N) is 2. The third-order valence-electron chi connectivity index (χ3n) is 4.39. The minimum atomic E-state index is 0.649. The number of rotatable bonds is 10. The average molecular weight is 373 g/mol. The molecule has 2 N–H and O–H groups in total. The quantitative estimate of drug-likeness (QED) is 0.377. The molecule has 0 fully saturated rings. The molecular weight excluding hydrogens is 340 g/mol. The van der Waals surface area contributed by atoms with Crippen LogP contribution in [-0.4, -0.2) is 24.8 Å². The maximum absolute atomic E-state index is 5.78. The van der Waals surface area contributed by atoms with Crippen molar-refractivity contribution in [1.82, 2.24) is 15.8 Å². The topological polar surface area (TPSA) is 71.7 Å². The van der Waals surface area contributed by atoms with E-state index in [1.54, 1.807) is 7.05 Å². The molecule has 6 heteroatoms. The van der Waals surface area contributed by atoms with Gasteiger partial charge in [-0.1, -0.05) is 44.5 Å². The summed E-state index contributed by atoms with van der Waals surface area (Å²) in [5, 5.41) is 10.9. The number of ether oxygens (including phenoxy) is 1. The molecule has 1 heterocycles. The number of benzene rings is 1. The molecule has 1 aromatic heterocycles. The summed E-state index contributed by atoms with van der Waals surface area (Å²) in [5.74, 6) is 2.60. The van der Waals surface area contributed by atoms with Crippen LogP contribution in [-0.2, 0) is 25.9 Å². The average Bonchev–Trinajstić information content (AvgIpc) is 3.10. The predicted octanol–water partition coefficient (Wildman–Crippen LogP) is 3.84. The summed E-state index contributed by atoms with van der Waals surface area (Å²) >= 11 is 0. The van der Waals surface area contributed by atoms with E-state index < -0.39 is 0 Å². The summed E-state index contributed by atoms with van der Waals surface area (Å²) in [7, 11) is 1.77. The maximum atomic E-state index is 5.78. The third-order valence-corrected chi connectivity index (χ3v) is 4.39. The van der Waals surface area contributed by atoms with Crippen LogP contribution >= 0.6 is 0 Å². The molecule has 0 bridgehead atoms. The van der Waals surface area contributed by atoms with Crippen LogP contribution < -0.4 is 15.4 Å². The summed E-state index contributed by atoms with van der Waals surface area (Å²) in [6, 6.07) is 8.17. The summed E-state index contributed by atoms with van der Waals surface area (Å²) in [6.07, 6.45) is 3.90. The van der Waals surface area contributed by atoms with Gasteiger partial charge in [0.25, 0.3) is 0 Å². The first-order valence-corrected chi connectivity index (χ1v) is 9.84. The first kappa shape index (κ1) is 20.8. The van der Waals surface area contributed by atoms with Crippen molar-refractivity contribution < 1.29 is 9.26 Å². The van der Waals surface area contributed by atoms with Crippen LogP contribution in [0.5, 0.6) is 5.75 Å². The number of aliphatic imine (C=N–C) groups is 1. The van der Waals surface area contributed by atoms with Gasteiger partial charge in [-0.2, -0.15) is 0 Å². The fourth-order valence-corrected chi connectivity index (χ4v) is 2.80. The molecule has 6 nitrogen and oxygen atoms in total. The molecule has 0 saturated carbocycles. The summed E-state index contributed by atoms with van der Waals surface area (Å²) in [6.45, 7) is 8.41. The minimum absolute atomic E-state index is 0.649. The first-order valence-electron chi connectivity index (χ1n) is 9.84. The van der Waals surface area contributed by atoms with Gasteiger partial charge in [-0.3, -0.25) is 4.99 Å². The van der Waals surface area contributed by atoms with Gasteiger partial charge in [0.1, 0.15) is 11.5 Å². The zero-order chi connectivity index (χ0) is 19.5. The number of aryl methyl sites for hydroxylation is 2. The van der Waals surface area contributed by atoms with Crippen LogP contribution in [0, 0.1) is 0 Å². The predicted molar refractivity (Wildman–Crippen MR) is 109 cm³/mol. The molecule has 2 rings (SSSR count). The van der Waals surface area contributed by atoms with E-state index >= 15 is 0 Å². The van der Waals surface area contributed by atoms with Crippen molar-refractivity contribution in [1.29, 1.82) is 0 Å². The lowest BCUT2D eigenvalue weighted by Gasteiger charge is -2.13. The minimum Gasteiger partial charge on any atom is -0.494 e. The van der Waals surface area contributed by atoms with Gasteiger partial charge >= 0.3 is 0 Å². The Labute approximate surface area is 162 Å². The van der Waals surface area contributed by atoms with Gasteiger partial charge in [-0.15, -0.1) is 0 Å². The zero-order valence-electron chi connectivity index (χ0n) is 17.0. The Balaban J connectivity index is 1.89. The number of hydrogen-bond acceptors (Lipinski definition) is 4. The Kier molecular flexibility index (Phi) is 8.68. The van der Waals surface area contributed by atoms with Gasteiger partial charge in [0.05, 0.1) is 12.3 Å². The molecule has 0 spiro atoms. The Hall–Kier alpha value is -2.50. The molecular formula is C21H32N4O2. The zero-order valence-corrected chi connectivity index (χ0v) is 17.0. The summed E-state index contributed by atoms with van der Waals surface area (Å²) in [4.78, 5) is 4.31. The van der Waals surface area contributed by atoms with E-state index in [1.165, 1.54) is 0 Å². The Morgan fingerprint density at radius 3 is 2.67 bits per heavy atom. The molecule has 0 aliphatic rings. The largest absolute Gasteiger partial charge is 0.494 e. The number of guanidine groups is 1. The highest BCUT2D eigenvalue weighted by Gasteiger charge is 2.13. The van der Waals surface area contributed by atoms with Gasteiger partial charge in [-0.25, -0.2) is 0 Å². The molecule has 27 heavy (non-hydrogen) atoms. The lowest BCUT2D eigenvalue weighted by molar-refractivity contribution is 0.309. The molecule has 0 aliphatic heterocycles. The molecule has 0 atom stereocenters. The molecule has 0 unspecified atom stereocenters. The van der Waals surface area contributed by atoms with Gasteiger partial charge in [-0.05, 0) is 30.5 Å². The van der Waals surface area contributed by atoms with E-state index in [9.17, 15) is 0 Å². The Morgan fingerprint density at radius 1 is 1.15 bits per heavy atom. The second-order valence-electron chi connectivity index (χ2n) is 6.37. The fourth-order valence-electron chi connectivity index (χ4n) is 2.80. The highest BCUT2D eigenvalue weighted by Crippen LogP contribution is 2.16. The highest BCUT2D eigenvalue weighted by atomic mass is 16.5. The number of aromatic nitrogens is 1. The Morgan fingerprint density at radius 2 is 1.96 bits per heavy atom. The Bertz CT molecular complexity index is 703. The van der Waals surface area contributed by atoms with Gasteiger partial charge in [0.15, 0.2) is 5.96 Å². The van der Waals surface area contributed by atoms with Crippen molar-refractivity contribution in [3.8, 4) is 5.75 Å². The number of nitrogens with one attached hydrogen (secondary N) is 2. The lowest BCUT2D eigenvalue weighted by atomic mass is 10.1. The number of unbranched alkanes of at least 4 members (excludes halogenated alkanes) is 1. The highest BCUT2D eigenvalue weighted by molar-refractivity contribution is 5.79. The molecule has 1 aromatic carbocycles. The molecule has 0 radical (unpaired) electrons. The molecule has 0 amide bonds. The third kappa shape index (κ3) is 6.31. The van der Waals surface area contributed by atoms with E-state index in [2.05, 4.69) is 53.7 Å². The van der Waals surface area contributed by atoms with Crippen LogP contribution in [0.25, 0.3) is 0 Å². The summed E-state index contributed by atoms with van der Waals surface area (Å²) in [5.41, 5.74) is 3.29. The fraction of sp³-hybridized carbons (Fsp3) is 0.524. The van der Waals surface area contributed by atoms with Gasteiger partial charge in [0.2, 0.25) is 0 Å². The maximum Gasteiger partial charge on any atom is 0.191 e. The smallest absolute Gasteiger partial charge is 0.191 e. The van der Waals surface area contributed by atoms with Crippen LogP contribution in [0.4, 0.5) is 0 Å². The summed E-state index contributed by atoms with van der Waals surface area (Å²) < 4.78 is 11.2. The van der Waals surface area contributed by atoms with Crippen molar-refractivity contribution in [3.63, 3.8) is 0 Å². The van der Waals surface area contributed by atoms with Crippen molar-refractivity contribution in [2.24, 2.45) is 4.99 Å². The van der Waals surface area contributed by atoms with Crippen LogP contribution in [0.2, 0.25) is 0 Å². The molecule has 0 saturated heterocycles. The first-order chi connectivity index (χ1) is 13.2. The molecule has 2 aromatic rings. The van der Waals surface area contributed by atoms with Crippen LogP contribution in [0.1, 0.15) is 56.2 Å². The standard InChI is InChI=1S/C21H32N4O2/c1-5-8-12-26-17-11-9-10-16(13-17)14-23-21(22-4)24-15-18-19(6-2)25-27-20(18)7-3/h9-11,13H,5-8,12,14-15H2,1-4H3,(H2,22,23,24). The van der Waals surface area contributed by atoms with E-state index in [4.69, 9.17) is 9.26 Å². The van der Waals surface area contributed by atoms with Crippen molar-refractivity contribution in [3.05, 3.63) is 46.8 Å².